The highest BCUT2D eigenvalue weighted by atomic mass is 35.5. The number of alkyl halides is 3. The first-order chi connectivity index (χ1) is 14.5. The molecule has 0 amide bonds. The summed E-state index contributed by atoms with van der Waals surface area (Å²) in [5.74, 6) is 0.884. The Hall–Kier alpha value is -1.85. The minimum atomic E-state index is -6.09. The molecular weight excluding hydrogens is 493 g/mol. The normalized spacial score (nSPS) is 13.5. The van der Waals surface area contributed by atoms with Crippen molar-refractivity contribution in [1.82, 2.24) is 0 Å². The number of hydrogen-bond donors (Lipinski definition) is 0. The topological polar surface area (TPSA) is 66.4 Å². The van der Waals surface area contributed by atoms with E-state index in [9.17, 15) is 13.2 Å². The lowest BCUT2D eigenvalue weighted by atomic mass is 10.3. The van der Waals surface area contributed by atoms with E-state index in [1.165, 1.54) is 19.6 Å². The van der Waals surface area contributed by atoms with Gasteiger partial charge in [-0.05, 0) is 36.4 Å². The molecule has 0 fully saturated rings. The van der Waals surface area contributed by atoms with Crippen molar-refractivity contribution in [3.05, 3.63) is 71.8 Å². The molecule has 4 nitrogen and oxygen atoms in total. The summed E-state index contributed by atoms with van der Waals surface area (Å²) in [5, 5.41) is 0.737. The number of fused-ring (bicyclic) bond motifs is 2. The number of ether oxygens (including phenoxy) is 1. The predicted molar refractivity (Wildman–Crippen MR) is 113 cm³/mol. The molecule has 0 aromatic heterocycles. The number of hydrogen-bond acceptors (Lipinski definition) is 5. The van der Waals surface area contributed by atoms with Gasteiger partial charge < -0.3 is 9.29 Å². The van der Waals surface area contributed by atoms with Crippen molar-refractivity contribution in [2.24, 2.45) is 0 Å². The molecule has 31 heavy (non-hydrogen) atoms. The molecule has 0 radical (unpaired) electrons. The fourth-order valence-corrected chi connectivity index (χ4v) is 6.82. The summed E-state index contributed by atoms with van der Waals surface area (Å²) in [6.45, 7) is 0. The van der Waals surface area contributed by atoms with Crippen LogP contribution in [0.15, 0.2) is 91.2 Å². The van der Waals surface area contributed by atoms with Crippen molar-refractivity contribution in [3.63, 3.8) is 0 Å². The summed E-state index contributed by atoms with van der Waals surface area (Å²) in [7, 11) is -4.59. The Bertz CT molecular complexity index is 1150. The molecule has 164 valence electrons. The zero-order valence-electron chi connectivity index (χ0n) is 15.7. The van der Waals surface area contributed by atoms with Gasteiger partial charge in [0.05, 0.1) is 16.9 Å². The summed E-state index contributed by atoms with van der Waals surface area (Å²) in [4.78, 5) is 6.40. The molecule has 4 rings (SSSR count). The summed E-state index contributed by atoms with van der Waals surface area (Å²) in [6.07, 6.45) is 0. The van der Waals surface area contributed by atoms with E-state index >= 15 is 0 Å². The molecular formula is C20H14ClF3O4S3. The maximum absolute atomic E-state index is 10.7. The monoisotopic (exact) mass is 506 g/mol. The highest BCUT2D eigenvalue weighted by Crippen LogP contribution is 2.50. The fourth-order valence-electron chi connectivity index (χ4n) is 2.69. The van der Waals surface area contributed by atoms with Crippen molar-refractivity contribution >= 4 is 44.4 Å². The van der Waals surface area contributed by atoms with E-state index in [4.69, 9.17) is 29.3 Å². The van der Waals surface area contributed by atoms with Crippen LogP contribution in [0.4, 0.5) is 13.2 Å². The smallest absolute Gasteiger partial charge is 0.485 e. The third-order valence-corrected chi connectivity index (χ3v) is 8.55. The molecule has 0 unspecified atom stereocenters. The number of methoxy groups -OCH3 is 1. The first kappa shape index (κ1) is 23.8. The first-order valence-corrected chi connectivity index (χ1v) is 12.3. The Kier molecular flexibility index (Phi) is 7.17. The number of rotatable bonds is 2. The Morgan fingerprint density at radius 1 is 0.935 bits per heavy atom. The van der Waals surface area contributed by atoms with Gasteiger partial charge in [0.25, 0.3) is 0 Å². The molecule has 0 atom stereocenters. The van der Waals surface area contributed by atoms with Gasteiger partial charge in [-0.2, -0.15) is 13.2 Å². The molecule has 0 saturated heterocycles. The molecule has 1 heterocycles. The van der Waals surface area contributed by atoms with Gasteiger partial charge in [0.2, 0.25) is 4.90 Å². The summed E-state index contributed by atoms with van der Waals surface area (Å²) in [6, 6.07) is 23.1. The molecule has 0 saturated carbocycles. The van der Waals surface area contributed by atoms with E-state index in [0.29, 0.717) is 0 Å². The van der Waals surface area contributed by atoms with Gasteiger partial charge in [-0.25, -0.2) is 8.42 Å². The van der Waals surface area contributed by atoms with Gasteiger partial charge in [0.15, 0.2) is 25.7 Å². The molecule has 11 heteroatoms. The lowest BCUT2D eigenvalue weighted by Crippen LogP contribution is -2.21. The third-order valence-electron chi connectivity index (χ3n) is 3.99. The van der Waals surface area contributed by atoms with Gasteiger partial charge in [-0.15, -0.1) is 0 Å². The van der Waals surface area contributed by atoms with Gasteiger partial charge >= 0.3 is 5.51 Å². The van der Waals surface area contributed by atoms with E-state index in [2.05, 4.69) is 48.5 Å². The lowest BCUT2D eigenvalue weighted by Gasteiger charge is -2.19. The van der Waals surface area contributed by atoms with Crippen molar-refractivity contribution in [1.29, 1.82) is 0 Å². The first-order valence-electron chi connectivity index (χ1n) is 8.49. The predicted octanol–water partition coefficient (Wildman–Crippen LogP) is 5.96. The zero-order chi connectivity index (χ0) is 22.8. The Labute approximate surface area is 189 Å². The second-order valence-corrected chi connectivity index (χ2v) is 10.8. The van der Waals surface area contributed by atoms with E-state index in [0.717, 1.165) is 15.7 Å². The Balaban J connectivity index is 0.000000293. The van der Waals surface area contributed by atoms with Gasteiger partial charge in [0.1, 0.15) is 10.9 Å². The standard InChI is InChI=1S/C19H14ClOS2.CHF3O3S/c1-21-14-11-10-13(20)12-19(14)23-17-8-4-2-6-15(17)22-16-7-3-5-9-18(16)23;2-1(3,4)8(5,6)7/h2-12H,1H3;(H,5,6,7)/q+1;/p-1. The van der Waals surface area contributed by atoms with E-state index in [-0.39, 0.29) is 10.9 Å². The highest BCUT2D eigenvalue weighted by molar-refractivity contribution is 8.04. The van der Waals surface area contributed by atoms with E-state index < -0.39 is 15.6 Å². The van der Waals surface area contributed by atoms with E-state index in [1.807, 2.05) is 30.0 Å². The molecule has 0 aliphatic carbocycles. The number of halogens is 4. The minimum absolute atomic E-state index is 0.210. The van der Waals surface area contributed by atoms with Crippen LogP contribution in [0.5, 0.6) is 5.75 Å². The van der Waals surface area contributed by atoms with Crippen LogP contribution in [-0.2, 0) is 21.0 Å². The average Bonchev–Trinajstić information content (AvgIpc) is 2.71. The highest BCUT2D eigenvalue weighted by Gasteiger charge is 2.40. The van der Waals surface area contributed by atoms with Crippen LogP contribution in [0, 0.1) is 0 Å². The third kappa shape index (κ3) is 5.32. The SMILES string of the molecule is COc1ccc(Cl)cc1[S+]1c2ccccc2Sc2ccccc21.O=S(=O)([O-])C(F)(F)F. The zero-order valence-corrected chi connectivity index (χ0v) is 18.9. The molecule has 3 aromatic carbocycles. The Morgan fingerprint density at radius 3 is 1.87 bits per heavy atom. The van der Waals surface area contributed by atoms with Gasteiger partial charge in [-0.3, -0.25) is 0 Å². The van der Waals surface area contributed by atoms with Crippen molar-refractivity contribution in [2.75, 3.05) is 7.11 Å². The van der Waals surface area contributed by atoms with Crippen LogP contribution >= 0.6 is 23.4 Å². The minimum Gasteiger partial charge on any atom is -0.741 e. The maximum atomic E-state index is 10.7. The summed E-state index contributed by atoms with van der Waals surface area (Å²) < 4.78 is 64.5. The number of benzene rings is 3. The van der Waals surface area contributed by atoms with Crippen molar-refractivity contribution in [2.45, 2.75) is 30.0 Å². The average molecular weight is 507 g/mol. The van der Waals surface area contributed by atoms with Crippen LogP contribution < -0.4 is 4.74 Å². The Morgan fingerprint density at radius 2 is 1.42 bits per heavy atom. The van der Waals surface area contributed by atoms with Crippen LogP contribution in [0.2, 0.25) is 5.02 Å². The largest absolute Gasteiger partial charge is 0.741 e. The van der Waals surface area contributed by atoms with Gasteiger partial charge in [0, 0.05) is 11.1 Å². The van der Waals surface area contributed by atoms with Crippen LogP contribution in [0.25, 0.3) is 0 Å². The fraction of sp³-hybridized carbons (Fsp3) is 0.100. The summed E-state index contributed by atoms with van der Waals surface area (Å²) >= 11 is 8.12. The van der Waals surface area contributed by atoms with Crippen LogP contribution in [0.1, 0.15) is 0 Å². The summed E-state index contributed by atoms with van der Waals surface area (Å²) in [5.41, 5.74) is -5.65. The second kappa shape index (κ2) is 9.33. The molecule has 1 aliphatic heterocycles. The molecule has 0 bridgehead atoms. The molecule has 0 spiro atoms. The molecule has 3 aromatic rings. The van der Waals surface area contributed by atoms with Gasteiger partial charge in [-0.1, -0.05) is 47.6 Å². The van der Waals surface area contributed by atoms with Crippen LogP contribution in [0.3, 0.4) is 0 Å². The maximum Gasteiger partial charge on any atom is 0.485 e. The lowest BCUT2D eigenvalue weighted by molar-refractivity contribution is -0.0517. The quantitative estimate of drug-likeness (QED) is 0.191. The van der Waals surface area contributed by atoms with Crippen LogP contribution in [-0.4, -0.2) is 25.6 Å². The molecule has 1 aliphatic rings. The molecule has 0 N–H and O–H groups in total. The van der Waals surface area contributed by atoms with Crippen molar-refractivity contribution in [3.8, 4) is 5.75 Å². The second-order valence-electron chi connectivity index (χ2n) is 6.00. The van der Waals surface area contributed by atoms with Crippen molar-refractivity contribution < 1.29 is 30.9 Å². The van der Waals surface area contributed by atoms with E-state index in [1.54, 1.807) is 7.11 Å².